The highest BCUT2D eigenvalue weighted by atomic mass is 19.4. The summed E-state index contributed by atoms with van der Waals surface area (Å²) in [7, 11) is 0. The Labute approximate surface area is 215 Å². The van der Waals surface area contributed by atoms with Crippen LogP contribution in [-0.4, -0.2) is 49.4 Å². The lowest BCUT2D eigenvalue weighted by Crippen LogP contribution is -2.40. The standard InChI is InChI=1S/C26H24F3N7O2/c1-2-5-19(37)34-12-17-21-18(8-25(17,21)13-34)36-23(30)20(24(31)38)22(33-36)15-9-32-35(11-15)10-14-6-3-4-7-16(14)26(27,28)29/h3-4,6-7,9,11,17-18,21H,8,10,12-13,30H2,1H3,(H2,31,38)/t17?,18-,21-,25+/m1/s1. The molecule has 3 heterocycles. The van der Waals surface area contributed by atoms with Crippen molar-refractivity contribution in [1.82, 2.24) is 24.5 Å². The Bertz CT molecular complexity index is 1550. The van der Waals surface area contributed by atoms with E-state index in [1.54, 1.807) is 16.5 Å². The molecular formula is C26H24F3N7O2. The van der Waals surface area contributed by atoms with Crippen molar-refractivity contribution >= 4 is 17.6 Å². The van der Waals surface area contributed by atoms with Gasteiger partial charge >= 0.3 is 6.18 Å². The van der Waals surface area contributed by atoms with Gasteiger partial charge in [-0.15, -0.1) is 0 Å². The number of likely N-dealkylation sites (tertiary alicyclic amines) is 1. The third-order valence-corrected chi connectivity index (χ3v) is 8.22. The van der Waals surface area contributed by atoms with E-state index in [1.807, 2.05) is 0 Å². The number of fused-ring (bicyclic) bond motifs is 1. The molecule has 1 spiro atoms. The number of rotatable bonds is 5. The van der Waals surface area contributed by atoms with Crippen LogP contribution < -0.4 is 11.5 Å². The van der Waals surface area contributed by atoms with Crippen molar-refractivity contribution in [3.8, 4) is 23.1 Å². The van der Waals surface area contributed by atoms with E-state index in [9.17, 15) is 22.8 Å². The molecule has 0 radical (unpaired) electrons. The average molecular weight is 524 g/mol. The first kappa shape index (κ1) is 24.1. The van der Waals surface area contributed by atoms with Gasteiger partial charge in [0.2, 0.25) is 0 Å². The molecule has 6 rings (SSSR count). The third-order valence-electron chi connectivity index (χ3n) is 8.22. The van der Waals surface area contributed by atoms with Crippen molar-refractivity contribution in [3.63, 3.8) is 0 Å². The number of piperidine rings is 1. The highest BCUT2D eigenvalue weighted by molar-refractivity contribution is 6.03. The fourth-order valence-corrected chi connectivity index (χ4v) is 6.55. The lowest BCUT2D eigenvalue weighted by molar-refractivity contribution is -0.138. The number of benzene rings is 1. The highest BCUT2D eigenvalue weighted by Gasteiger charge is 2.79. The van der Waals surface area contributed by atoms with Crippen LogP contribution in [0.25, 0.3) is 11.3 Å². The molecule has 3 aromatic rings. The van der Waals surface area contributed by atoms with E-state index in [0.29, 0.717) is 30.5 Å². The molecule has 1 aromatic carbocycles. The zero-order valence-corrected chi connectivity index (χ0v) is 20.4. The Hall–Kier alpha value is -4.27. The van der Waals surface area contributed by atoms with Gasteiger partial charge in [0.1, 0.15) is 17.1 Å². The van der Waals surface area contributed by atoms with E-state index >= 15 is 0 Å². The topological polar surface area (TPSA) is 125 Å². The van der Waals surface area contributed by atoms with Crippen LogP contribution in [0.15, 0.2) is 36.7 Å². The number of halogens is 3. The third kappa shape index (κ3) is 3.48. The summed E-state index contributed by atoms with van der Waals surface area (Å²) in [6, 6.07) is 5.26. The summed E-state index contributed by atoms with van der Waals surface area (Å²) in [6.45, 7) is 2.80. The van der Waals surface area contributed by atoms with Gasteiger partial charge < -0.3 is 16.4 Å². The number of primary amides is 1. The largest absolute Gasteiger partial charge is 0.416 e. The van der Waals surface area contributed by atoms with Crippen molar-refractivity contribution in [3.05, 3.63) is 53.3 Å². The molecule has 12 heteroatoms. The number of anilines is 1. The minimum absolute atomic E-state index is 0.0323. The van der Waals surface area contributed by atoms with Crippen LogP contribution in [-0.2, 0) is 17.5 Å². The Balaban J connectivity index is 1.25. The maximum absolute atomic E-state index is 13.4. The van der Waals surface area contributed by atoms with Crippen LogP contribution in [0.5, 0.6) is 0 Å². The van der Waals surface area contributed by atoms with Crippen LogP contribution in [0.2, 0.25) is 0 Å². The van der Waals surface area contributed by atoms with Gasteiger partial charge in [-0.1, -0.05) is 24.1 Å². The molecule has 9 nitrogen and oxygen atoms in total. The summed E-state index contributed by atoms with van der Waals surface area (Å²) >= 11 is 0. The maximum atomic E-state index is 13.4. The maximum Gasteiger partial charge on any atom is 0.416 e. The second-order valence-electron chi connectivity index (χ2n) is 10.2. The Morgan fingerprint density at radius 2 is 2.03 bits per heavy atom. The Morgan fingerprint density at radius 1 is 1.26 bits per heavy atom. The zero-order chi connectivity index (χ0) is 27.0. The van der Waals surface area contributed by atoms with E-state index in [2.05, 4.69) is 22.0 Å². The minimum Gasteiger partial charge on any atom is -0.383 e. The predicted molar refractivity (Wildman–Crippen MR) is 130 cm³/mol. The van der Waals surface area contributed by atoms with Crippen molar-refractivity contribution in [2.75, 3.05) is 18.8 Å². The summed E-state index contributed by atoms with van der Waals surface area (Å²) in [6.07, 6.45) is -0.768. The average Bonchev–Trinajstić information content (AvgIpc) is 3.34. The molecule has 4 N–H and O–H groups in total. The number of amides is 2. The SMILES string of the molecule is CC#CC(=O)N1CC2[C@@H]3[C@H](n4nc(-c5cnn(Cc6ccccc6C(F)(F)F)c5)c(C(N)=O)c4N)C[C@]23C1. The van der Waals surface area contributed by atoms with Crippen LogP contribution >= 0.6 is 0 Å². The normalized spacial score (nSPS) is 25.2. The van der Waals surface area contributed by atoms with Gasteiger partial charge in [-0.25, -0.2) is 4.68 Å². The number of nitrogen functional groups attached to an aromatic ring is 1. The Kier molecular flexibility index (Phi) is 5.14. The number of carbonyl (C=O) groups excluding carboxylic acids is 2. The van der Waals surface area contributed by atoms with E-state index in [-0.39, 0.29) is 46.5 Å². The molecular weight excluding hydrogens is 499 g/mol. The second-order valence-corrected chi connectivity index (χ2v) is 10.2. The van der Waals surface area contributed by atoms with Crippen LogP contribution in [0, 0.1) is 29.1 Å². The van der Waals surface area contributed by atoms with Crippen LogP contribution in [0.1, 0.15) is 40.9 Å². The molecule has 1 saturated heterocycles. The van der Waals surface area contributed by atoms with Crippen molar-refractivity contribution in [2.24, 2.45) is 23.0 Å². The zero-order valence-electron chi connectivity index (χ0n) is 20.4. The summed E-state index contributed by atoms with van der Waals surface area (Å²) in [5.41, 5.74) is 12.1. The van der Waals surface area contributed by atoms with Gasteiger partial charge in [0.05, 0.1) is 24.3 Å². The number of alkyl halides is 3. The summed E-state index contributed by atoms with van der Waals surface area (Å²) in [4.78, 5) is 26.3. The second kappa shape index (κ2) is 8.11. The molecule has 2 aliphatic carbocycles. The molecule has 1 aliphatic heterocycles. The first-order valence-corrected chi connectivity index (χ1v) is 12.1. The first-order chi connectivity index (χ1) is 18.0. The van der Waals surface area contributed by atoms with Crippen molar-refractivity contribution < 1.29 is 22.8 Å². The van der Waals surface area contributed by atoms with Gasteiger partial charge in [0.15, 0.2) is 0 Å². The van der Waals surface area contributed by atoms with Gasteiger partial charge in [0.25, 0.3) is 11.8 Å². The van der Waals surface area contributed by atoms with E-state index in [1.165, 1.54) is 35.3 Å². The lowest BCUT2D eigenvalue weighted by atomic mass is 9.80. The number of hydrogen-bond acceptors (Lipinski definition) is 5. The quantitative estimate of drug-likeness (QED) is 0.498. The lowest BCUT2D eigenvalue weighted by Gasteiger charge is -2.37. The fourth-order valence-electron chi connectivity index (χ4n) is 6.55. The number of nitrogens with zero attached hydrogens (tertiary/aromatic N) is 5. The number of aromatic nitrogens is 4. The summed E-state index contributed by atoms with van der Waals surface area (Å²) in [5, 5.41) is 8.84. The molecule has 2 amide bonds. The molecule has 2 aromatic heterocycles. The predicted octanol–water partition coefficient (Wildman–Crippen LogP) is 2.54. The van der Waals surface area contributed by atoms with Crippen molar-refractivity contribution in [1.29, 1.82) is 0 Å². The molecule has 3 fully saturated rings. The number of hydrogen-bond donors (Lipinski definition) is 2. The molecule has 3 aliphatic rings. The van der Waals surface area contributed by atoms with E-state index in [0.717, 1.165) is 12.5 Å². The fraction of sp³-hybridized carbons (Fsp3) is 0.385. The summed E-state index contributed by atoms with van der Waals surface area (Å²) < 4.78 is 43.2. The van der Waals surface area contributed by atoms with Gasteiger partial charge in [-0.2, -0.15) is 23.4 Å². The molecule has 2 saturated carbocycles. The number of carbonyl (C=O) groups is 2. The molecule has 196 valence electrons. The Morgan fingerprint density at radius 3 is 2.71 bits per heavy atom. The van der Waals surface area contributed by atoms with E-state index < -0.39 is 17.6 Å². The van der Waals surface area contributed by atoms with E-state index in [4.69, 9.17) is 11.5 Å². The van der Waals surface area contributed by atoms with Gasteiger partial charge in [0, 0.05) is 30.3 Å². The highest BCUT2D eigenvalue weighted by Crippen LogP contribution is 2.79. The molecule has 38 heavy (non-hydrogen) atoms. The van der Waals surface area contributed by atoms with Crippen molar-refractivity contribution in [2.45, 2.75) is 32.1 Å². The molecule has 1 unspecified atom stereocenters. The minimum atomic E-state index is -4.49. The van der Waals surface area contributed by atoms with Crippen LogP contribution in [0.4, 0.5) is 19.0 Å². The first-order valence-electron chi connectivity index (χ1n) is 12.1. The number of nitrogens with two attached hydrogens (primary N) is 2. The molecule has 0 bridgehead atoms. The van der Waals surface area contributed by atoms with Gasteiger partial charge in [-0.3, -0.25) is 14.3 Å². The summed E-state index contributed by atoms with van der Waals surface area (Å²) in [5.74, 6) is 5.09. The van der Waals surface area contributed by atoms with Crippen LogP contribution in [0.3, 0.4) is 0 Å². The van der Waals surface area contributed by atoms with Gasteiger partial charge in [-0.05, 0) is 42.7 Å². The monoisotopic (exact) mass is 523 g/mol. The molecule has 4 atom stereocenters. The smallest absolute Gasteiger partial charge is 0.383 e.